The maximum atomic E-state index is 12.9. The summed E-state index contributed by atoms with van der Waals surface area (Å²) in [4.78, 5) is 58.2. The molecule has 0 saturated carbocycles. The number of carbonyl (C=O) groups is 4. The van der Waals surface area contributed by atoms with E-state index in [1.165, 1.54) is 37.1 Å². The first-order chi connectivity index (χ1) is 26.0. The Kier molecular flexibility index (Phi) is 15.3. The average molecular weight is 751 g/mol. The number of likely N-dealkylation sites (tertiary alicyclic amines) is 4. The number of ketones is 2. The Hall–Kier alpha value is -3.58. The number of primary amides is 2. The number of nitrogens with zero attached hydrogens (tertiary/aromatic N) is 4. The third-order valence-corrected chi connectivity index (χ3v) is 12.3. The van der Waals surface area contributed by atoms with Crippen molar-refractivity contribution < 1.29 is 28.0 Å². The summed E-state index contributed by atoms with van der Waals surface area (Å²) < 4.78 is 25.9. The third-order valence-electron chi connectivity index (χ3n) is 12.3. The topological polar surface area (TPSA) is 133 Å². The second-order valence-corrected chi connectivity index (χ2v) is 15.6. The normalized spacial score (nSPS) is 21.1. The fourth-order valence-electron chi connectivity index (χ4n) is 8.86. The summed E-state index contributed by atoms with van der Waals surface area (Å²) in [6, 6.07) is 11.4. The highest BCUT2D eigenvalue weighted by Gasteiger charge is 2.46. The van der Waals surface area contributed by atoms with Crippen molar-refractivity contribution in [2.75, 3.05) is 65.4 Å². The number of piperidine rings is 4. The van der Waals surface area contributed by atoms with Gasteiger partial charge in [-0.25, -0.2) is 8.78 Å². The number of hydrogen-bond acceptors (Lipinski definition) is 8. The third kappa shape index (κ3) is 10.8. The van der Waals surface area contributed by atoms with E-state index >= 15 is 0 Å². The van der Waals surface area contributed by atoms with Gasteiger partial charge in [-0.2, -0.15) is 0 Å². The fourth-order valence-corrected chi connectivity index (χ4v) is 8.86. The second kappa shape index (κ2) is 19.8. The van der Waals surface area contributed by atoms with E-state index in [9.17, 15) is 28.0 Å². The van der Waals surface area contributed by atoms with Gasteiger partial charge in [0.25, 0.3) is 0 Å². The summed E-state index contributed by atoms with van der Waals surface area (Å²) in [5.74, 6) is -0.928. The number of rotatable bonds is 14. The molecule has 10 nitrogen and oxygen atoms in total. The van der Waals surface area contributed by atoms with E-state index in [0.29, 0.717) is 24.0 Å². The summed E-state index contributed by atoms with van der Waals surface area (Å²) in [7, 11) is 0. The number of carbonyl (C=O) groups excluding carboxylic acids is 4. The minimum atomic E-state index is -0.485. The SMILES string of the molecule is NC(=O)C1(N2CCCCC2)CCN(CCCC(=O)c2ccc(F)cc2)CC1.NC(=O)C1(N2CCCCC2)CCN(CCCC(=O)c2ccc(F)cc2)CC1. The summed E-state index contributed by atoms with van der Waals surface area (Å²) in [6.45, 7) is 8.89. The molecular formula is C42H60F2N6O4. The lowest BCUT2D eigenvalue weighted by molar-refractivity contribution is -0.135. The van der Waals surface area contributed by atoms with E-state index in [0.717, 1.165) is 130 Å². The van der Waals surface area contributed by atoms with Gasteiger partial charge in [0.2, 0.25) is 11.8 Å². The quantitative estimate of drug-likeness (QED) is 0.253. The van der Waals surface area contributed by atoms with Crippen LogP contribution in [0.25, 0.3) is 0 Å². The van der Waals surface area contributed by atoms with Gasteiger partial charge in [0, 0.05) is 50.1 Å². The van der Waals surface area contributed by atoms with E-state index in [-0.39, 0.29) is 35.0 Å². The Labute approximate surface area is 319 Å². The minimum absolute atomic E-state index is 0.0480. The monoisotopic (exact) mass is 750 g/mol. The smallest absolute Gasteiger partial charge is 0.238 e. The van der Waals surface area contributed by atoms with Crippen LogP contribution < -0.4 is 11.5 Å². The summed E-state index contributed by atoms with van der Waals surface area (Å²) in [6.07, 6.45) is 12.6. The Morgan fingerprint density at radius 2 is 0.815 bits per heavy atom. The van der Waals surface area contributed by atoms with Crippen LogP contribution in [0.1, 0.15) is 111 Å². The molecule has 0 unspecified atom stereocenters. The van der Waals surface area contributed by atoms with Gasteiger partial charge in [-0.1, -0.05) is 12.8 Å². The average Bonchev–Trinajstić information content (AvgIpc) is 3.19. The lowest BCUT2D eigenvalue weighted by Gasteiger charge is -2.48. The van der Waals surface area contributed by atoms with Gasteiger partial charge in [0.1, 0.15) is 22.7 Å². The molecule has 296 valence electrons. The molecule has 4 heterocycles. The number of hydrogen-bond donors (Lipinski definition) is 2. The van der Waals surface area contributed by atoms with Gasteiger partial charge < -0.3 is 21.3 Å². The van der Waals surface area contributed by atoms with E-state index in [2.05, 4.69) is 19.6 Å². The molecule has 0 aliphatic carbocycles. The highest BCUT2D eigenvalue weighted by atomic mass is 19.1. The second-order valence-electron chi connectivity index (χ2n) is 15.6. The first-order valence-electron chi connectivity index (χ1n) is 20.1. The van der Waals surface area contributed by atoms with Crippen molar-refractivity contribution in [3.8, 4) is 0 Å². The molecule has 2 amide bonds. The van der Waals surface area contributed by atoms with E-state index in [4.69, 9.17) is 11.5 Å². The standard InChI is InChI=1S/2C21H30FN3O2/c2*22-18-8-6-17(7-9-18)19(26)5-4-12-24-15-10-21(11-16-24,20(23)27)25-13-2-1-3-14-25/h2*6-9H,1-5,10-16H2,(H2,23,27). The molecule has 54 heavy (non-hydrogen) atoms. The van der Waals surface area contributed by atoms with E-state index < -0.39 is 11.1 Å². The number of halogens is 2. The van der Waals surface area contributed by atoms with Crippen LogP contribution in [0.15, 0.2) is 48.5 Å². The number of nitrogens with two attached hydrogens (primary N) is 2. The predicted octanol–water partition coefficient (Wildman–Crippen LogP) is 5.19. The van der Waals surface area contributed by atoms with Gasteiger partial charge in [-0.05, 0) is 152 Å². The molecular weight excluding hydrogens is 690 g/mol. The molecule has 4 fully saturated rings. The fraction of sp³-hybridized carbons (Fsp3) is 0.619. The summed E-state index contributed by atoms with van der Waals surface area (Å²) in [5, 5.41) is 0. The van der Waals surface area contributed by atoms with Crippen LogP contribution >= 0.6 is 0 Å². The zero-order chi connectivity index (χ0) is 38.6. The molecule has 4 N–H and O–H groups in total. The molecule has 0 atom stereocenters. The van der Waals surface area contributed by atoms with Gasteiger partial charge >= 0.3 is 0 Å². The molecule has 2 aromatic carbocycles. The minimum Gasteiger partial charge on any atom is -0.368 e. The van der Waals surface area contributed by atoms with Gasteiger partial charge in [0.15, 0.2) is 11.6 Å². The first-order valence-corrected chi connectivity index (χ1v) is 20.1. The molecule has 0 spiro atoms. The van der Waals surface area contributed by atoms with Crippen LogP contribution in [0, 0.1) is 11.6 Å². The van der Waals surface area contributed by atoms with Crippen molar-refractivity contribution in [1.29, 1.82) is 0 Å². The van der Waals surface area contributed by atoms with Gasteiger partial charge in [-0.15, -0.1) is 0 Å². The van der Waals surface area contributed by atoms with Crippen molar-refractivity contribution in [3.05, 3.63) is 71.3 Å². The van der Waals surface area contributed by atoms with Crippen LogP contribution in [0.2, 0.25) is 0 Å². The molecule has 6 rings (SSSR count). The highest BCUT2D eigenvalue weighted by molar-refractivity contribution is 5.96. The molecule has 0 bridgehead atoms. The molecule has 0 radical (unpaired) electrons. The summed E-state index contributed by atoms with van der Waals surface area (Å²) in [5.41, 5.74) is 11.8. The largest absolute Gasteiger partial charge is 0.368 e. The van der Waals surface area contributed by atoms with Crippen LogP contribution in [0.4, 0.5) is 8.78 Å². The van der Waals surface area contributed by atoms with E-state index in [1.54, 1.807) is 24.3 Å². The lowest BCUT2D eigenvalue weighted by atomic mass is 9.83. The molecule has 4 aliphatic heterocycles. The first kappa shape index (κ1) is 41.6. The number of amides is 2. The van der Waals surface area contributed by atoms with Crippen LogP contribution in [0.3, 0.4) is 0 Å². The Morgan fingerprint density at radius 3 is 1.11 bits per heavy atom. The van der Waals surface area contributed by atoms with Crippen LogP contribution in [-0.4, -0.2) is 120 Å². The Bertz CT molecular complexity index is 1410. The number of benzene rings is 2. The van der Waals surface area contributed by atoms with Crippen LogP contribution in [-0.2, 0) is 9.59 Å². The zero-order valence-electron chi connectivity index (χ0n) is 31.9. The Balaban J connectivity index is 0.000000208. The maximum Gasteiger partial charge on any atom is 0.238 e. The predicted molar refractivity (Wildman–Crippen MR) is 206 cm³/mol. The molecule has 12 heteroatoms. The van der Waals surface area contributed by atoms with Crippen LogP contribution in [0.5, 0.6) is 0 Å². The molecule has 0 aromatic heterocycles. The molecule has 4 aliphatic rings. The molecule has 4 saturated heterocycles. The highest BCUT2D eigenvalue weighted by Crippen LogP contribution is 2.33. The van der Waals surface area contributed by atoms with Gasteiger partial charge in [0.05, 0.1) is 0 Å². The van der Waals surface area contributed by atoms with Gasteiger partial charge in [-0.3, -0.25) is 29.0 Å². The van der Waals surface area contributed by atoms with E-state index in [1.807, 2.05) is 0 Å². The maximum absolute atomic E-state index is 12.9. The Morgan fingerprint density at radius 1 is 0.500 bits per heavy atom. The zero-order valence-corrected chi connectivity index (χ0v) is 31.9. The lowest BCUT2D eigenvalue weighted by Crippen LogP contribution is -2.63. The number of Topliss-reactive ketones (excluding diaryl/α,β-unsaturated/α-hetero) is 2. The van der Waals surface area contributed by atoms with Crippen molar-refractivity contribution in [2.24, 2.45) is 11.5 Å². The van der Waals surface area contributed by atoms with Crippen molar-refractivity contribution >= 4 is 23.4 Å². The summed E-state index contributed by atoms with van der Waals surface area (Å²) >= 11 is 0. The molecule has 2 aromatic rings. The van der Waals surface area contributed by atoms with Crippen molar-refractivity contribution in [1.82, 2.24) is 19.6 Å². The van der Waals surface area contributed by atoms with Crippen molar-refractivity contribution in [3.63, 3.8) is 0 Å². The van der Waals surface area contributed by atoms with Crippen molar-refractivity contribution in [2.45, 2.75) is 101 Å².